The third-order valence-corrected chi connectivity index (χ3v) is 4.09. The first-order chi connectivity index (χ1) is 8.63. The van der Waals surface area contributed by atoms with Gasteiger partial charge in [-0.15, -0.1) is 6.42 Å². The molecule has 1 aromatic carbocycles. The lowest BCUT2D eigenvalue weighted by Crippen LogP contribution is -2.11. The van der Waals surface area contributed by atoms with Crippen LogP contribution in [0.25, 0.3) is 0 Å². The van der Waals surface area contributed by atoms with Crippen LogP contribution in [0.5, 0.6) is 0 Å². The number of carbonyl (C=O) groups excluding carboxylic acids is 1. The van der Waals surface area contributed by atoms with E-state index in [1.807, 2.05) is 26.0 Å². The largest absolute Gasteiger partial charge is 0.459 e. The summed E-state index contributed by atoms with van der Waals surface area (Å²) in [5.74, 6) is 3.90. The third-order valence-electron chi connectivity index (χ3n) is 1.98. The lowest BCUT2D eigenvalue weighted by atomic mass is 10.1. The average molecular weight is 296 g/mol. The van der Waals surface area contributed by atoms with E-state index in [9.17, 15) is 4.79 Å². The average Bonchev–Trinajstić information content (AvgIpc) is 2.34. The summed E-state index contributed by atoms with van der Waals surface area (Å²) in [6.45, 7) is 3.68. The van der Waals surface area contributed by atoms with E-state index in [0.717, 1.165) is 5.75 Å². The molecule has 4 heteroatoms. The zero-order valence-electron chi connectivity index (χ0n) is 10.5. The Morgan fingerprint density at radius 1 is 1.32 bits per heavy atom. The van der Waals surface area contributed by atoms with E-state index < -0.39 is 0 Å². The molecule has 19 heavy (non-hydrogen) atoms. The predicted molar refractivity (Wildman–Crippen MR) is 86.3 cm³/mol. The Balaban J connectivity index is 0.00000324. The molecule has 1 aromatic rings. The molecular formula is C15H20O2S2. The molecule has 0 aromatic heterocycles. The Labute approximate surface area is 124 Å². The summed E-state index contributed by atoms with van der Waals surface area (Å²) in [7, 11) is 3.37. The Bertz CT molecular complexity index is 419. The number of esters is 1. The van der Waals surface area contributed by atoms with Gasteiger partial charge in [0.1, 0.15) is 0 Å². The van der Waals surface area contributed by atoms with E-state index in [0.29, 0.717) is 11.3 Å². The maximum Gasteiger partial charge on any atom is 0.338 e. The Morgan fingerprint density at radius 2 is 1.95 bits per heavy atom. The van der Waals surface area contributed by atoms with Crippen LogP contribution in [0.15, 0.2) is 24.3 Å². The molecule has 0 atom stereocenters. The van der Waals surface area contributed by atoms with Crippen LogP contribution in [0.4, 0.5) is 0 Å². The van der Waals surface area contributed by atoms with E-state index in [2.05, 4.69) is 5.92 Å². The second-order valence-corrected chi connectivity index (χ2v) is 6.34. The van der Waals surface area contributed by atoms with Gasteiger partial charge in [0.2, 0.25) is 0 Å². The minimum atomic E-state index is -0.272. The lowest BCUT2D eigenvalue weighted by Gasteiger charge is -2.08. The molecule has 0 radical (unpaired) electrons. The van der Waals surface area contributed by atoms with E-state index in [-0.39, 0.29) is 19.5 Å². The van der Waals surface area contributed by atoms with E-state index >= 15 is 0 Å². The monoisotopic (exact) mass is 296 g/mol. The van der Waals surface area contributed by atoms with Crippen LogP contribution in [0, 0.1) is 12.3 Å². The van der Waals surface area contributed by atoms with E-state index in [4.69, 9.17) is 11.2 Å². The number of terminal acetylenes is 1. The number of rotatable bonds is 6. The van der Waals surface area contributed by atoms with Crippen molar-refractivity contribution in [3.05, 3.63) is 35.4 Å². The molecule has 0 bridgehead atoms. The van der Waals surface area contributed by atoms with Crippen molar-refractivity contribution in [3.63, 3.8) is 0 Å². The van der Waals surface area contributed by atoms with Crippen LogP contribution in [-0.4, -0.2) is 17.8 Å². The van der Waals surface area contributed by atoms with Gasteiger partial charge in [0.25, 0.3) is 0 Å². The van der Waals surface area contributed by atoms with Crippen LogP contribution in [-0.2, 0) is 10.5 Å². The summed E-state index contributed by atoms with van der Waals surface area (Å²) in [5, 5.41) is 0. The molecule has 0 heterocycles. The van der Waals surface area contributed by atoms with Gasteiger partial charge in [0, 0.05) is 5.75 Å². The van der Waals surface area contributed by atoms with Crippen LogP contribution >= 0.6 is 21.6 Å². The minimum Gasteiger partial charge on any atom is -0.459 e. The zero-order chi connectivity index (χ0) is 13.4. The van der Waals surface area contributed by atoms with Gasteiger partial charge >= 0.3 is 5.97 Å². The van der Waals surface area contributed by atoms with Crippen molar-refractivity contribution in [2.75, 3.05) is 5.75 Å². The quantitative estimate of drug-likeness (QED) is 0.336. The molecule has 0 amide bonds. The smallest absolute Gasteiger partial charge is 0.338 e. The highest BCUT2D eigenvalue weighted by Crippen LogP contribution is 2.25. The van der Waals surface area contributed by atoms with E-state index in [1.165, 1.54) is 5.56 Å². The summed E-state index contributed by atoms with van der Waals surface area (Å²) in [6, 6.07) is 7.49. The van der Waals surface area contributed by atoms with E-state index in [1.54, 1.807) is 33.7 Å². The second-order valence-electron chi connectivity index (χ2n) is 3.88. The van der Waals surface area contributed by atoms with Gasteiger partial charge in [-0.05, 0) is 31.5 Å². The van der Waals surface area contributed by atoms with Crippen LogP contribution in [0.1, 0.15) is 37.2 Å². The van der Waals surface area contributed by atoms with Crippen molar-refractivity contribution in [1.82, 2.24) is 0 Å². The third kappa shape index (κ3) is 7.19. The summed E-state index contributed by atoms with van der Waals surface area (Å²) in [4.78, 5) is 11.6. The molecule has 0 aliphatic carbocycles. The number of ether oxygens (including phenoxy) is 1. The number of carbonyl (C=O) groups is 1. The summed E-state index contributed by atoms with van der Waals surface area (Å²) < 4.78 is 5.12. The Morgan fingerprint density at radius 3 is 2.47 bits per heavy atom. The fourth-order valence-electron chi connectivity index (χ4n) is 1.20. The maximum absolute atomic E-state index is 11.6. The van der Waals surface area contributed by atoms with Crippen molar-refractivity contribution in [1.29, 1.82) is 0 Å². The summed E-state index contributed by atoms with van der Waals surface area (Å²) >= 11 is 0. The highest BCUT2D eigenvalue weighted by molar-refractivity contribution is 8.76. The van der Waals surface area contributed by atoms with Gasteiger partial charge in [0.05, 0.1) is 17.4 Å². The molecule has 0 saturated carbocycles. The molecular weight excluding hydrogens is 276 g/mol. The standard InChI is InChI=1S/C14H16O2S2.CH4/c1-4-9-17-18-10-12-5-7-13(8-6-12)14(15)16-11(2)3;/h1,5-8,11H,9-10H2,2-3H3;1H4. The van der Waals surface area contributed by atoms with Crippen molar-refractivity contribution < 1.29 is 9.53 Å². The summed E-state index contributed by atoms with van der Waals surface area (Å²) in [5.41, 5.74) is 1.76. The molecule has 0 aliphatic rings. The van der Waals surface area contributed by atoms with Crippen molar-refractivity contribution >= 4 is 27.6 Å². The number of hydrogen-bond acceptors (Lipinski definition) is 4. The van der Waals surface area contributed by atoms with Gasteiger partial charge in [-0.25, -0.2) is 4.79 Å². The molecule has 0 unspecified atom stereocenters. The highest BCUT2D eigenvalue weighted by atomic mass is 33.1. The summed E-state index contributed by atoms with van der Waals surface area (Å²) in [6.07, 6.45) is 5.08. The first-order valence-electron chi connectivity index (χ1n) is 5.61. The van der Waals surface area contributed by atoms with Gasteiger partial charge in [0.15, 0.2) is 0 Å². The fraction of sp³-hybridized carbons (Fsp3) is 0.400. The van der Waals surface area contributed by atoms with Crippen LogP contribution in [0.2, 0.25) is 0 Å². The molecule has 2 nitrogen and oxygen atoms in total. The maximum atomic E-state index is 11.6. The van der Waals surface area contributed by atoms with Crippen molar-refractivity contribution in [3.8, 4) is 12.3 Å². The Kier molecular flexibility index (Phi) is 9.28. The SMILES string of the molecule is C.C#CCSSCc1ccc(C(=O)OC(C)C)cc1. The predicted octanol–water partition coefficient (Wildman–Crippen LogP) is 4.40. The van der Waals surface area contributed by atoms with Gasteiger partial charge in [-0.1, -0.05) is 47.1 Å². The lowest BCUT2D eigenvalue weighted by molar-refractivity contribution is 0.0378. The van der Waals surface area contributed by atoms with Crippen LogP contribution in [0.3, 0.4) is 0 Å². The zero-order valence-corrected chi connectivity index (χ0v) is 12.1. The molecule has 0 N–H and O–H groups in total. The molecule has 0 fully saturated rings. The molecule has 1 rings (SSSR count). The highest BCUT2D eigenvalue weighted by Gasteiger charge is 2.08. The second kappa shape index (κ2) is 9.82. The molecule has 0 spiro atoms. The van der Waals surface area contributed by atoms with Crippen molar-refractivity contribution in [2.24, 2.45) is 0 Å². The van der Waals surface area contributed by atoms with Gasteiger partial charge in [-0.2, -0.15) is 0 Å². The number of hydrogen-bond donors (Lipinski definition) is 0. The van der Waals surface area contributed by atoms with Crippen LogP contribution < -0.4 is 0 Å². The molecule has 0 aliphatic heterocycles. The Hall–Kier alpha value is -1.05. The first-order valence-corrected chi connectivity index (χ1v) is 8.10. The van der Waals surface area contributed by atoms with Gasteiger partial charge in [-0.3, -0.25) is 0 Å². The number of benzene rings is 1. The van der Waals surface area contributed by atoms with Gasteiger partial charge < -0.3 is 4.74 Å². The molecule has 0 saturated heterocycles. The fourth-order valence-corrected chi connectivity index (χ4v) is 2.88. The topological polar surface area (TPSA) is 26.3 Å². The molecule has 104 valence electrons. The normalized spacial score (nSPS) is 9.58. The van der Waals surface area contributed by atoms with Crippen molar-refractivity contribution in [2.45, 2.75) is 33.1 Å². The first kappa shape index (κ1) is 17.9. The minimum absolute atomic E-state index is 0.